The van der Waals surface area contributed by atoms with Crippen LogP contribution in [0.25, 0.3) is 22.2 Å². The molecule has 1 aliphatic rings. The lowest BCUT2D eigenvalue weighted by Crippen LogP contribution is -2.15. The molecule has 0 bridgehead atoms. The van der Waals surface area contributed by atoms with Gasteiger partial charge in [-0.15, -0.1) is 0 Å². The summed E-state index contributed by atoms with van der Waals surface area (Å²) in [6, 6.07) is 10.8. The zero-order valence-electron chi connectivity index (χ0n) is 16.7. The molecule has 10 heteroatoms. The van der Waals surface area contributed by atoms with Gasteiger partial charge in [-0.3, -0.25) is 9.52 Å². The Labute approximate surface area is 178 Å². The maximum absolute atomic E-state index is 12.6. The van der Waals surface area contributed by atoms with Crippen LogP contribution in [0.1, 0.15) is 12.8 Å². The summed E-state index contributed by atoms with van der Waals surface area (Å²) >= 11 is 0. The van der Waals surface area contributed by atoms with E-state index < -0.39 is 10.0 Å². The maximum Gasteiger partial charge on any atom is 0.279 e. The third-order valence-electron chi connectivity index (χ3n) is 5.22. The average Bonchev–Trinajstić information content (AvgIpc) is 3.33. The third kappa shape index (κ3) is 3.77. The molecule has 1 saturated carbocycles. The first-order chi connectivity index (χ1) is 14.9. The van der Waals surface area contributed by atoms with Crippen LogP contribution in [0.5, 0.6) is 0 Å². The average molecular weight is 436 g/mol. The van der Waals surface area contributed by atoms with Crippen molar-refractivity contribution >= 4 is 38.5 Å². The number of anilines is 2. The molecule has 1 fully saturated rings. The number of nitrogens with one attached hydrogen (secondary N) is 3. The van der Waals surface area contributed by atoms with Crippen LogP contribution in [0, 0.1) is 5.92 Å². The number of carbonyl (C=O) groups is 1. The van der Waals surface area contributed by atoms with Crippen LogP contribution in [0.4, 0.5) is 11.5 Å². The Kier molecular flexibility index (Phi) is 4.51. The molecule has 31 heavy (non-hydrogen) atoms. The number of pyridine rings is 1. The van der Waals surface area contributed by atoms with E-state index >= 15 is 0 Å². The number of benzene rings is 1. The van der Waals surface area contributed by atoms with Crippen molar-refractivity contribution in [2.24, 2.45) is 13.0 Å². The Morgan fingerprint density at radius 1 is 1.19 bits per heavy atom. The van der Waals surface area contributed by atoms with Gasteiger partial charge in [0.15, 0.2) is 5.03 Å². The standard InChI is InChI=1S/C21H20N6O3S/c1-27-12-22-11-19(27)31(29,30)26-15-6-4-13(5-7-15)17-10-18(25-21(28)14-2-3-14)24-20-16(17)8-9-23-20/h4-12,14,26H,2-3H2,1H3,(H2,23,24,25,28). The number of imidazole rings is 1. The molecule has 158 valence electrons. The van der Waals surface area contributed by atoms with E-state index in [-0.39, 0.29) is 16.9 Å². The van der Waals surface area contributed by atoms with Crippen molar-refractivity contribution in [3.05, 3.63) is 55.1 Å². The molecule has 0 spiro atoms. The first kappa shape index (κ1) is 19.3. The molecular formula is C21H20N6O3S. The molecule has 0 aliphatic heterocycles. The van der Waals surface area contributed by atoms with Gasteiger partial charge in [0.05, 0.1) is 12.5 Å². The zero-order chi connectivity index (χ0) is 21.6. The smallest absolute Gasteiger partial charge is 0.279 e. The highest BCUT2D eigenvalue weighted by Crippen LogP contribution is 2.33. The van der Waals surface area contributed by atoms with Crippen molar-refractivity contribution in [3.63, 3.8) is 0 Å². The van der Waals surface area contributed by atoms with Crippen molar-refractivity contribution in [2.45, 2.75) is 17.9 Å². The molecule has 1 amide bonds. The molecule has 4 aromatic rings. The number of H-pyrrole nitrogens is 1. The number of aryl methyl sites for hydroxylation is 1. The van der Waals surface area contributed by atoms with Gasteiger partial charge in [0, 0.05) is 30.2 Å². The Hall–Kier alpha value is -3.66. The molecule has 3 aromatic heterocycles. The van der Waals surface area contributed by atoms with Crippen molar-refractivity contribution in [1.82, 2.24) is 19.5 Å². The number of aromatic nitrogens is 4. The number of aromatic amines is 1. The first-order valence-electron chi connectivity index (χ1n) is 9.79. The van der Waals surface area contributed by atoms with Crippen LogP contribution in [0.2, 0.25) is 0 Å². The monoisotopic (exact) mass is 436 g/mol. The number of rotatable bonds is 6. The Balaban J connectivity index is 1.44. The van der Waals surface area contributed by atoms with Gasteiger partial charge in [-0.2, -0.15) is 8.42 Å². The minimum Gasteiger partial charge on any atom is -0.346 e. The largest absolute Gasteiger partial charge is 0.346 e. The summed E-state index contributed by atoms with van der Waals surface area (Å²) in [7, 11) is -2.12. The molecule has 0 saturated heterocycles. The van der Waals surface area contributed by atoms with Gasteiger partial charge in [0.1, 0.15) is 11.5 Å². The minimum absolute atomic E-state index is 0.00993. The second-order valence-electron chi connectivity index (χ2n) is 7.58. The summed E-state index contributed by atoms with van der Waals surface area (Å²) in [5, 5.41) is 3.88. The highest BCUT2D eigenvalue weighted by molar-refractivity contribution is 7.92. The number of carbonyl (C=O) groups excluding carboxylic acids is 1. The molecule has 3 heterocycles. The van der Waals surface area contributed by atoms with Gasteiger partial charge in [-0.1, -0.05) is 12.1 Å². The van der Waals surface area contributed by atoms with Gasteiger partial charge in [0.2, 0.25) is 5.91 Å². The topological polar surface area (TPSA) is 122 Å². The van der Waals surface area contributed by atoms with Crippen LogP contribution < -0.4 is 10.0 Å². The molecule has 5 rings (SSSR count). The van der Waals surface area contributed by atoms with E-state index in [1.807, 2.05) is 24.3 Å². The quantitative estimate of drug-likeness (QED) is 0.429. The molecule has 0 radical (unpaired) electrons. The fraction of sp³-hybridized carbons (Fsp3) is 0.190. The first-order valence-corrected chi connectivity index (χ1v) is 11.3. The van der Waals surface area contributed by atoms with Crippen LogP contribution in [-0.2, 0) is 21.9 Å². The van der Waals surface area contributed by atoms with Crippen LogP contribution in [0.3, 0.4) is 0 Å². The molecule has 1 aromatic carbocycles. The van der Waals surface area contributed by atoms with Crippen molar-refractivity contribution in [2.75, 3.05) is 10.0 Å². The summed E-state index contributed by atoms with van der Waals surface area (Å²) in [6.07, 6.45) is 6.36. The van der Waals surface area contributed by atoms with E-state index in [0.29, 0.717) is 17.2 Å². The van der Waals surface area contributed by atoms with Crippen LogP contribution in [0.15, 0.2) is 60.1 Å². The predicted molar refractivity (Wildman–Crippen MR) is 117 cm³/mol. The highest BCUT2D eigenvalue weighted by Gasteiger charge is 2.30. The number of hydrogen-bond donors (Lipinski definition) is 3. The summed E-state index contributed by atoms with van der Waals surface area (Å²) < 4.78 is 29.1. The van der Waals surface area contributed by atoms with Crippen LogP contribution in [-0.4, -0.2) is 33.8 Å². The van der Waals surface area contributed by atoms with Crippen LogP contribution >= 0.6 is 0 Å². The van der Waals surface area contributed by atoms with Gasteiger partial charge in [0.25, 0.3) is 10.0 Å². The molecule has 0 unspecified atom stereocenters. The Bertz CT molecular complexity index is 1380. The van der Waals surface area contributed by atoms with E-state index in [4.69, 9.17) is 0 Å². The Morgan fingerprint density at radius 2 is 1.97 bits per heavy atom. The molecule has 3 N–H and O–H groups in total. The van der Waals surface area contributed by atoms with E-state index in [1.165, 1.54) is 17.1 Å². The fourth-order valence-electron chi connectivity index (χ4n) is 3.44. The summed E-state index contributed by atoms with van der Waals surface area (Å²) in [5.41, 5.74) is 2.87. The van der Waals surface area contributed by atoms with Gasteiger partial charge in [-0.25, -0.2) is 9.97 Å². The molecule has 0 atom stereocenters. The van der Waals surface area contributed by atoms with Gasteiger partial charge in [-0.05, 0) is 48.2 Å². The van der Waals surface area contributed by atoms with E-state index in [1.54, 1.807) is 25.4 Å². The lowest BCUT2D eigenvalue weighted by Gasteiger charge is -2.11. The molecule has 9 nitrogen and oxygen atoms in total. The number of fused-ring (bicyclic) bond motifs is 1. The third-order valence-corrected chi connectivity index (χ3v) is 6.67. The lowest BCUT2D eigenvalue weighted by molar-refractivity contribution is -0.117. The minimum atomic E-state index is -3.74. The summed E-state index contributed by atoms with van der Waals surface area (Å²) in [6.45, 7) is 0. The van der Waals surface area contributed by atoms with E-state index in [0.717, 1.165) is 29.4 Å². The van der Waals surface area contributed by atoms with Gasteiger partial charge < -0.3 is 14.9 Å². The summed E-state index contributed by atoms with van der Waals surface area (Å²) in [4.78, 5) is 23.6. The zero-order valence-corrected chi connectivity index (χ0v) is 17.5. The van der Waals surface area contributed by atoms with E-state index in [9.17, 15) is 13.2 Å². The maximum atomic E-state index is 12.6. The predicted octanol–water partition coefficient (Wildman–Crippen LogP) is 3.11. The molecule has 1 aliphatic carbocycles. The number of nitrogens with zero attached hydrogens (tertiary/aromatic N) is 3. The second-order valence-corrected chi connectivity index (χ2v) is 9.21. The number of sulfonamides is 1. The molecular weight excluding hydrogens is 416 g/mol. The van der Waals surface area contributed by atoms with E-state index in [2.05, 4.69) is 25.0 Å². The van der Waals surface area contributed by atoms with Crippen molar-refractivity contribution in [3.8, 4) is 11.1 Å². The lowest BCUT2D eigenvalue weighted by atomic mass is 10.0. The number of hydrogen-bond acceptors (Lipinski definition) is 5. The Morgan fingerprint density at radius 3 is 2.65 bits per heavy atom. The highest BCUT2D eigenvalue weighted by atomic mass is 32.2. The van der Waals surface area contributed by atoms with Crippen molar-refractivity contribution < 1.29 is 13.2 Å². The SMILES string of the molecule is Cn1cncc1S(=O)(=O)Nc1ccc(-c2cc(NC(=O)C3CC3)nc3[nH]ccc23)cc1. The summed E-state index contributed by atoms with van der Waals surface area (Å²) in [5.74, 6) is 0.559. The second kappa shape index (κ2) is 7.24. The fourth-order valence-corrected chi connectivity index (χ4v) is 4.62. The number of amides is 1. The van der Waals surface area contributed by atoms with Gasteiger partial charge >= 0.3 is 0 Å². The normalized spacial score (nSPS) is 14.0. The van der Waals surface area contributed by atoms with Crippen molar-refractivity contribution in [1.29, 1.82) is 0 Å².